The largest absolute Gasteiger partial charge is 0.492 e. The van der Waals surface area contributed by atoms with E-state index < -0.39 is 33.0 Å². The lowest BCUT2D eigenvalue weighted by molar-refractivity contribution is -0.113. The van der Waals surface area contributed by atoms with Crippen LogP contribution in [0.2, 0.25) is 0 Å². The van der Waals surface area contributed by atoms with Crippen LogP contribution in [0.1, 0.15) is 17.3 Å². The van der Waals surface area contributed by atoms with Gasteiger partial charge in [0, 0.05) is 10.0 Å². The van der Waals surface area contributed by atoms with Crippen LogP contribution in [-0.4, -0.2) is 38.2 Å². The Bertz CT molecular complexity index is 894. The summed E-state index contributed by atoms with van der Waals surface area (Å²) in [7, 11) is -3.90. The number of hydrogen-bond acceptors (Lipinski definition) is 5. The first-order valence-corrected chi connectivity index (χ1v) is 10.4. The number of ketones is 1. The molecule has 26 heavy (non-hydrogen) atoms. The monoisotopic (exact) mass is 439 g/mol. The molecule has 2 rings (SSSR count). The topological polar surface area (TPSA) is 89.5 Å². The van der Waals surface area contributed by atoms with Crippen molar-refractivity contribution in [3.63, 3.8) is 0 Å². The SMILES string of the molecule is CCOc1ccccc1NC(=O)CS(=O)(=O)CC(=O)c1ccc(Br)cc1. The van der Waals surface area contributed by atoms with Crippen molar-refractivity contribution in [3.8, 4) is 5.75 Å². The molecule has 0 saturated heterocycles. The fourth-order valence-electron chi connectivity index (χ4n) is 2.21. The Balaban J connectivity index is 2.01. The molecule has 0 bridgehead atoms. The third-order valence-corrected chi connectivity index (χ3v) is 5.26. The third kappa shape index (κ3) is 5.96. The summed E-state index contributed by atoms with van der Waals surface area (Å²) in [6.45, 7) is 2.21. The highest BCUT2D eigenvalue weighted by atomic mass is 79.9. The van der Waals surface area contributed by atoms with E-state index in [1.54, 1.807) is 43.3 Å². The highest BCUT2D eigenvalue weighted by Crippen LogP contribution is 2.23. The smallest absolute Gasteiger partial charge is 0.239 e. The van der Waals surface area contributed by atoms with Gasteiger partial charge in [0.25, 0.3) is 0 Å². The van der Waals surface area contributed by atoms with Crippen LogP contribution in [0.3, 0.4) is 0 Å². The summed E-state index contributed by atoms with van der Waals surface area (Å²) < 4.78 is 30.5. The lowest BCUT2D eigenvalue weighted by Gasteiger charge is -2.11. The molecule has 0 aliphatic rings. The van der Waals surface area contributed by atoms with E-state index in [0.29, 0.717) is 18.0 Å². The number of nitrogens with one attached hydrogen (secondary N) is 1. The number of halogens is 1. The second-order valence-corrected chi connectivity index (χ2v) is 8.42. The Labute approximate surface area is 160 Å². The van der Waals surface area contributed by atoms with Crippen molar-refractivity contribution in [3.05, 3.63) is 58.6 Å². The number of hydrogen-bond donors (Lipinski definition) is 1. The Kier molecular flexibility index (Phi) is 6.93. The lowest BCUT2D eigenvalue weighted by Crippen LogP contribution is -2.27. The van der Waals surface area contributed by atoms with Crippen molar-refractivity contribution < 1.29 is 22.7 Å². The molecule has 0 aliphatic heterocycles. The second-order valence-electron chi connectivity index (χ2n) is 5.44. The zero-order chi connectivity index (χ0) is 19.2. The van der Waals surface area contributed by atoms with Crippen LogP contribution in [0.4, 0.5) is 5.69 Å². The van der Waals surface area contributed by atoms with Crippen LogP contribution in [0.25, 0.3) is 0 Å². The van der Waals surface area contributed by atoms with Crippen LogP contribution in [-0.2, 0) is 14.6 Å². The van der Waals surface area contributed by atoms with Gasteiger partial charge in [0.1, 0.15) is 17.3 Å². The van der Waals surface area contributed by atoms with E-state index in [1.165, 1.54) is 12.1 Å². The Morgan fingerprint density at radius 1 is 1.04 bits per heavy atom. The van der Waals surface area contributed by atoms with Crippen LogP contribution >= 0.6 is 15.9 Å². The first-order valence-electron chi connectivity index (χ1n) is 7.81. The van der Waals surface area contributed by atoms with Gasteiger partial charge in [-0.3, -0.25) is 9.59 Å². The first kappa shape index (κ1) is 20.1. The summed E-state index contributed by atoms with van der Waals surface area (Å²) in [4.78, 5) is 24.2. The molecular formula is C18H18BrNO5S. The lowest BCUT2D eigenvalue weighted by atomic mass is 10.2. The average molecular weight is 440 g/mol. The van der Waals surface area contributed by atoms with E-state index >= 15 is 0 Å². The van der Waals surface area contributed by atoms with Crippen molar-refractivity contribution in [2.24, 2.45) is 0 Å². The minimum Gasteiger partial charge on any atom is -0.492 e. The molecular weight excluding hydrogens is 422 g/mol. The second kappa shape index (κ2) is 8.95. The number of carbonyl (C=O) groups is 2. The normalized spacial score (nSPS) is 11.0. The summed E-state index contributed by atoms with van der Waals surface area (Å²) in [6, 6.07) is 13.1. The maximum Gasteiger partial charge on any atom is 0.239 e. The maximum absolute atomic E-state index is 12.2. The van der Waals surface area contributed by atoms with Gasteiger partial charge in [0.2, 0.25) is 5.91 Å². The number of carbonyl (C=O) groups excluding carboxylic acids is 2. The third-order valence-electron chi connectivity index (χ3n) is 3.33. The van der Waals surface area contributed by atoms with E-state index in [4.69, 9.17) is 4.74 Å². The van der Waals surface area contributed by atoms with Crippen molar-refractivity contribution >= 4 is 43.1 Å². The highest BCUT2D eigenvalue weighted by Gasteiger charge is 2.22. The summed E-state index contributed by atoms with van der Waals surface area (Å²) in [5, 5.41) is 2.51. The van der Waals surface area contributed by atoms with E-state index in [9.17, 15) is 18.0 Å². The van der Waals surface area contributed by atoms with Crippen molar-refractivity contribution in [2.45, 2.75) is 6.92 Å². The molecule has 0 aliphatic carbocycles. The molecule has 2 aromatic carbocycles. The molecule has 1 N–H and O–H groups in total. The van der Waals surface area contributed by atoms with Crippen LogP contribution in [0.5, 0.6) is 5.75 Å². The average Bonchev–Trinajstić information content (AvgIpc) is 2.56. The van der Waals surface area contributed by atoms with Crippen LogP contribution in [0, 0.1) is 0 Å². The number of amides is 1. The Morgan fingerprint density at radius 2 is 1.69 bits per heavy atom. The fourth-order valence-corrected chi connectivity index (χ4v) is 3.61. The first-order chi connectivity index (χ1) is 12.3. The van der Waals surface area contributed by atoms with Crippen molar-refractivity contribution in [1.82, 2.24) is 0 Å². The van der Waals surface area contributed by atoms with Crippen LogP contribution in [0.15, 0.2) is 53.0 Å². The molecule has 2 aromatic rings. The molecule has 0 atom stereocenters. The van der Waals surface area contributed by atoms with Gasteiger partial charge >= 0.3 is 0 Å². The minimum absolute atomic E-state index is 0.277. The zero-order valence-electron chi connectivity index (χ0n) is 14.1. The predicted octanol–water partition coefficient (Wildman–Crippen LogP) is 3.08. The number of ether oxygens (including phenoxy) is 1. The molecule has 0 spiro atoms. The van der Waals surface area contributed by atoms with Gasteiger partial charge in [-0.25, -0.2) is 8.42 Å². The maximum atomic E-state index is 12.2. The van der Waals surface area contributed by atoms with Crippen LogP contribution < -0.4 is 10.1 Å². The van der Waals surface area contributed by atoms with E-state index in [-0.39, 0.29) is 5.56 Å². The summed E-state index contributed by atoms with van der Waals surface area (Å²) in [5.74, 6) is -2.34. The Hall–Kier alpha value is -2.19. The summed E-state index contributed by atoms with van der Waals surface area (Å²) in [6.07, 6.45) is 0. The molecule has 8 heteroatoms. The van der Waals surface area contributed by atoms with Gasteiger partial charge in [-0.2, -0.15) is 0 Å². The number of para-hydroxylation sites is 2. The van der Waals surface area contributed by atoms with Gasteiger partial charge < -0.3 is 10.1 Å². The number of rotatable bonds is 8. The van der Waals surface area contributed by atoms with E-state index in [0.717, 1.165) is 4.47 Å². The fraction of sp³-hybridized carbons (Fsp3) is 0.222. The molecule has 0 aromatic heterocycles. The van der Waals surface area contributed by atoms with Gasteiger partial charge in [-0.15, -0.1) is 0 Å². The summed E-state index contributed by atoms with van der Waals surface area (Å²) in [5.41, 5.74) is 0.660. The Morgan fingerprint density at radius 3 is 2.35 bits per heavy atom. The molecule has 0 unspecified atom stereocenters. The minimum atomic E-state index is -3.90. The molecule has 0 radical (unpaired) electrons. The summed E-state index contributed by atoms with van der Waals surface area (Å²) >= 11 is 3.24. The number of anilines is 1. The predicted molar refractivity (Wildman–Crippen MR) is 103 cm³/mol. The number of Topliss-reactive ketones (excluding diaryl/α,β-unsaturated/α-hetero) is 1. The molecule has 0 saturated carbocycles. The molecule has 0 heterocycles. The van der Waals surface area contributed by atoms with Gasteiger partial charge in [-0.05, 0) is 31.2 Å². The number of sulfone groups is 1. The molecule has 6 nitrogen and oxygen atoms in total. The van der Waals surface area contributed by atoms with Gasteiger partial charge in [-0.1, -0.05) is 40.2 Å². The zero-order valence-corrected chi connectivity index (χ0v) is 16.5. The quantitative estimate of drug-likeness (QED) is 0.638. The van der Waals surface area contributed by atoms with Gasteiger partial charge in [0.05, 0.1) is 12.3 Å². The van der Waals surface area contributed by atoms with E-state index in [2.05, 4.69) is 21.2 Å². The van der Waals surface area contributed by atoms with Gasteiger partial charge in [0.15, 0.2) is 15.6 Å². The molecule has 1 amide bonds. The van der Waals surface area contributed by atoms with Crippen molar-refractivity contribution in [1.29, 1.82) is 0 Å². The highest BCUT2D eigenvalue weighted by molar-refractivity contribution is 9.10. The standard InChI is InChI=1S/C18H18BrNO5S/c1-2-25-17-6-4-3-5-15(17)20-18(22)12-26(23,24)11-16(21)13-7-9-14(19)10-8-13/h3-10H,2,11-12H2,1H3,(H,20,22). The molecule has 0 fully saturated rings. The number of benzene rings is 2. The van der Waals surface area contributed by atoms with Crippen molar-refractivity contribution in [2.75, 3.05) is 23.4 Å². The molecule has 138 valence electrons. The van der Waals surface area contributed by atoms with E-state index in [1.807, 2.05) is 0 Å².